The fourth-order valence-electron chi connectivity index (χ4n) is 1.59. The van der Waals surface area contributed by atoms with Crippen molar-refractivity contribution in [2.75, 3.05) is 11.9 Å². The average Bonchev–Trinajstić information content (AvgIpc) is 2.47. The van der Waals surface area contributed by atoms with Gasteiger partial charge in [-0.25, -0.2) is 4.79 Å². The molecule has 5 heteroatoms. The van der Waals surface area contributed by atoms with Gasteiger partial charge in [0.25, 0.3) is 0 Å². The van der Waals surface area contributed by atoms with Crippen LogP contribution in [0, 0.1) is 0 Å². The van der Waals surface area contributed by atoms with Gasteiger partial charge in [-0.15, -0.1) is 0 Å². The number of amides is 2. The van der Waals surface area contributed by atoms with Crippen LogP contribution in [-0.2, 0) is 0 Å². The Morgan fingerprint density at radius 3 is 2.68 bits per heavy atom. The fraction of sp³-hybridized carbons (Fsp3) is 0.143. The Labute approximate surface area is 111 Å². The number of hydrogen-bond donors (Lipinski definition) is 3. The third-order valence-corrected chi connectivity index (χ3v) is 2.56. The molecule has 2 rings (SSSR count). The van der Waals surface area contributed by atoms with Gasteiger partial charge in [-0.2, -0.15) is 0 Å². The van der Waals surface area contributed by atoms with Gasteiger partial charge in [-0.05, 0) is 17.7 Å². The number of benzene rings is 1. The topological polar surface area (TPSA) is 74.2 Å². The third kappa shape index (κ3) is 4.08. The summed E-state index contributed by atoms with van der Waals surface area (Å²) in [5.74, 6) is 0. The van der Waals surface area contributed by atoms with Crippen LogP contribution in [0.5, 0.6) is 0 Å². The first-order valence-corrected chi connectivity index (χ1v) is 5.93. The van der Waals surface area contributed by atoms with Crippen LogP contribution in [0.4, 0.5) is 10.5 Å². The lowest BCUT2D eigenvalue weighted by Crippen LogP contribution is -2.32. The van der Waals surface area contributed by atoms with Crippen molar-refractivity contribution in [3.05, 3.63) is 60.4 Å². The molecule has 0 fully saturated rings. The monoisotopic (exact) mass is 257 g/mol. The molecule has 1 heterocycles. The molecule has 0 bridgehead atoms. The molecule has 5 nitrogen and oxygen atoms in total. The third-order valence-electron chi connectivity index (χ3n) is 2.56. The number of nitrogens with one attached hydrogen (secondary N) is 2. The van der Waals surface area contributed by atoms with Gasteiger partial charge in [-0.3, -0.25) is 4.98 Å². The van der Waals surface area contributed by atoms with E-state index >= 15 is 0 Å². The van der Waals surface area contributed by atoms with E-state index in [2.05, 4.69) is 15.6 Å². The molecule has 0 saturated carbocycles. The molecule has 0 aliphatic heterocycles. The summed E-state index contributed by atoms with van der Waals surface area (Å²) < 4.78 is 0. The van der Waals surface area contributed by atoms with Gasteiger partial charge in [0, 0.05) is 12.7 Å². The summed E-state index contributed by atoms with van der Waals surface area (Å²) in [7, 11) is 0. The Morgan fingerprint density at radius 2 is 2.00 bits per heavy atom. The molecule has 3 N–H and O–H groups in total. The Morgan fingerprint density at radius 1 is 1.21 bits per heavy atom. The molecular weight excluding hydrogens is 242 g/mol. The van der Waals surface area contributed by atoms with Crippen molar-refractivity contribution in [2.45, 2.75) is 6.10 Å². The van der Waals surface area contributed by atoms with Gasteiger partial charge in [-0.1, -0.05) is 30.3 Å². The van der Waals surface area contributed by atoms with Crippen LogP contribution in [0.2, 0.25) is 0 Å². The van der Waals surface area contributed by atoms with Crippen LogP contribution in [-0.4, -0.2) is 22.7 Å². The molecule has 0 aliphatic carbocycles. The van der Waals surface area contributed by atoms with E-state index < -0.39 is 6.10 Å². The first-order valence-electron chi connectivity index (χ1n) is 5.93. The summed E-state index contributed by atoms with van der Waals surface area (Å²) in [6.45, 7) is 0.149. The second kappa shape index (κ2) is 6.51. The normalized spacial score (nSPS) is 11.6. The van der Waals surface area contributed by atoms with Crippen molar-refractivity contribution in [3.63, 3.8) is 0 Å². The number of pyridine rings is 1. The van der Waals surface area contributed by atoms with E-state index in [1.165, 1.54) is 0 Å². The molecular formula is C14H15N3O2. The number of hydrogen-bond acceptors (Lipinski definition) is 3. The van der Waals surface area contributed by atoms with E-state index in [0.29, 0.717) is 5.69 Å². The SMILES string of the molecule is O=C(NC[C@H](O)c1ccccc1)Nc1cccnc1. The second-order valence-electron chi connectivity index (χ2n) is 4.00. The molecule has 0 aliphatic rings. The second-order valence-corrected chi connectivity index (χ2v) is 4.00. The highest BCUT2D eigenvalue weighted by molar-refractivity contribution is 5.88. The largest absolute Gasteiger partial charge is 0.387 e. The maximum atomic E-state index is 11.6. The van der Waals surface area contributed by atoms with Gasteiger partial charge < -0.3 is 15.7 Å². The Balaban J connectivity index is 1.81. The Hall–Kier alpha value is -2.40. The molecule has 0 saturated heterocycles. The minimum atomic E-state index is -0.721. The smallest absolute Gasteiger partial charge is 0.319 e. The van der Waals surface area contributed by atoms with E-state index in [1.807, 2.05) is 30.3 Å². The standard InChI is InChI=1S/C14H15N3O2/c18-13(11-5-2-1-3-6-11)10-16-14(19)17-12-7-4-8-15-9-12/h1-9,13,18H,10H2,(H2,16,17,19)/t13-/m0/s1. The molecule has 0 unspecified atom stereocenters. The molecule has 1 aromatic heterocycles. The Bertz CT molecular complexity index is 517. The van der Waals surface area contributed by atoms with Crippen LogP contribution in [0.1, 0.15) is 11.7 Å². The maximum absolute atomic E-state index is 11.6. The van der Waals surface area contributed by atoms with Gasteiger partial charge >= 0.3 is 6.03 Å². The lowest BCUT2D eigenvalue weighted by molar-refractivity contribution is 0.175. The molecule has 19 heavy (non-hydrogen) atoms. The minimum Gasteiger partial charge on any atom is -0.387 e. The lowest BCUT2D eigenvalue weighted by atomic mass is 10.1. The van der Waals surface area contributed by atoms with Crippen molar-refractivity contribution >= 4 is 11.7 Å². The summed E-state index contributed by atoms with van der Waals surface area (Å²) in [6.07, 6.45) is 2.45. The highest BCUT2D eigenvalue weighted by Gasteiger charge is 2.08. The number of rotatable bonds is 4. The summed E-state index contributed by atoms with van der Waals surface area (Å²) in [6, 6.07) is 12.3. The van der Waals surface area contributed by atoms with Crippen molar-refractivity contribution in [3.8, 4) is 0 Å². The van der Waals surface area contributed by atoms with Crippen molar-refractivity contribution in [1.29, 1.82) is 0 Å². The molecule has 1 atom stereocenters. The average molecular weight is 257 g/mol. The van der Waals surface area contributed by atoms with Crippen LogP contribution in [0.15, 0.2) is 54.9 Å². The number of aromatic nitrogens is 1. The van der Waals surface area contributed by atoms with Gasteiger partial charge in [0.05, 0.1) is 18.0 Å². The highest BCUT2D eigenvalue weighted by Crippen LogP contribution is 2.10. The number of urea groups is 1. The zero-order valence-electron chi connectivity index (χ0n) is 10.3. The predicted molar refractivity (Wildman–Crippen MR) is 72.7 cm³/mol. The fourth-order valence-corrected chi connectivity index (χ4v) is 1.59. The van der Waals surface area contributed by atoms with Crippen LogP contribution in [0.3, 0.4) is 0 Å². The van der Waals surface area contributed by atoms with Crippen LogP contribution < -0.4 is 10.6 Å². The number of aliphatic hydroxyl groups is 1. The van der Waals surface area contributed by atoms with Crippen molar-refractivity contribution in [2.24, 2.45) is 0 Å². The van der Waals surface area contributed by atoms with E-state index in [9.17, 15) is 9.90 Å². The molecule has 1 aromatic carbocycles. The van der Waals surface area contributed by atoms with E-state index in [-0.39, 0.29) is 12.6 Å². The highest BCUT2D eigenvalue weighted by atomic mass is 16.3. The summed E-state index contributed by atoms with van der Waals surface area (Å²) >= 11 is 0. The molecule has 98 valence electrons. The van der Waals surface area contributed by atoms with Gasteiger partial charge in [0.2, 0.25) is 0 Å². The zero-order valence-corrected chi connectivity index (χ0v) is 10.3. The number of aliphatic hydroxyl groups excluding tert-OH is 1. The molecule has 2 amide bonds. The zero-order chi connectivity index (χ0) is 13.5. The van der Waals surface area contributed by atoms with E-state index in [1.54, 1.807) is 24.5 Å². The summed E-state index contributed by atoms with van der Waals surface area (Å²) in [4.78, 5) is 15.5. The number of anilines is 1. The number of carbonyl (C=O) groups excluding carboxylic acids is 1. The van der Waals surface area contributed by atoms with Crippen molar-refractivity contribution < 1.29 is 9.90 Å². The molecule has 2 aromatic rings. The minimum absolute atomic E-state index is 0.149. The van der Waals surface area contributed by atoms with Crippen LogP contribution in [0.25, 0.3) is 0 Å². The van der Waals surface area contributed by atoms with E-state index in [0.717, 1.165) is 5.56 Å². The van der Waals surface area contributed by atoms with Crippen LogP contribution >= 0.6 is 0 Å². The molecule has 0 spiro atoms. The molecule has 0 radical (unpaired) electrons. The number of carbonyl (C=O) groups is 1. The Kier molecular flexibility index (Phi) is 4.47. The summed E-state index contributed by atoms with van der Waals surface area (Å²) in [5.41, 5.74) is 1.37. The van der Waals surface area contributed by atoms with Crippen molar-refractivity contribution in [1.82, 2.24) is 10.3 Å². The lowest BCUT2D eigenvalue weighted by Gasteiger charge is -2.12. The quantitative estimate of drug-likeness (QED) is 0.783. The van der Waals surface area contributed by atoms with E-state index in [4.69, 9.17) is 0 Å². The predicted octanol–water partition coefficient (Wildman–Crippen LogP) is 1.94. The van der Waals surface area contributed by atoms with Gasteiger partial charge in [0.1, 0.15) is 0 Å². The maximum Gasteiger partial charge on any atom is 0.319 e. The summed E-state index contributed by atoms with van der Waals surface area (Å²) in [5, 5.41) is 15.1. The van der Waals surface area contributed by atoms with Gasteiger partial charge in [0.15, 0.2) is 0 Å². The first kappa shape index (κ1) is 13.0. The first-order chi connectivity index (χ1) is 9.25. The number of nitrogens with zero attached hydrogens (tertiary/aromatic N) is 1.